The van der Waals surface area contributed by atoms with Gasteiger partial charge in [0.25, 0.3) is 0 Å². The predicted octanol–water partition coefficient (Wildman–Crippen LogP) is 1.77. The lowest BCUT2D eigenvalue weighted by atomic mass is 10.1. The van der Waals surface area contributed by atoms with Crippen molar-refractivity contribution in [2.75, 3.05) is 19.6 Å². The van der Waals surface area contributed by atoms with Gasteiger partial charge in [-0.15, -0.1) is 0 Å². The van der Waals surface area contributed by atoms with Gasteiger partial charge in [-0.25, -0.2) is 0 Å². The molecule has 0 aliphatic heterocycles. The largest absolute Gasteiger partial charge is 0.353 e. The Labute approximate surface area is 144 Å². The second kappa shape index (κ2) is 10.8. The van der Waals surface area contributed by atoms with Crippen LogP contribution in [0.5, 0.6) is 0 Å². The van der Waals surface area contributed by atoms with Crippen LogP contribution in [0.3, 0.4) is 0 Å². The number of carbonyl (C=O) groups excluding carboxylic acids is 2. The van der Waals surface area contributed by atoms with Gasteiger partial charge in [-0.3, -0.25) is 9.59 Å². The molecule has 1 saturated carbocycles. The lowest BCUT2D eigenvalue weighted by Gasteiger charge is -2.16. The first kappa shape index (κ1) is 18.5. The van der Waals surface area contributed by atoms with Crippen molar-refractivity contribution in [3.8, 4) is 0 Å². The molecule has 0 spiro atoms. The number of rotatable bonds is 8. The zero-order valence-electron chi connectivity index (χ0n) is 14.4. The minimum Gasteiger partial charge on any atom is -0.353 e. The van der Waals surface area contributed by atoms with E-state index in [1.54, 1.807) is 0 Å². The van der Waals surface area contributed by atoms with Crippen molar-refractivity contribution in [1.82, 2.24) is 16.0 Å². The molecule has 2 amide bonds. The zero-order chi connectivity index (χ0) is 17.0. The quantitative estimate of drug-likeness (QED) is 0.502. The first-order valence-corrected chi connectivity index (χ1v) is 9.05. The summed E-state index contributed by atoms with van der Waals surface area (Å²) in [6, 6.07) is 10.1. The topological polar surface area (TPSA) is 70.2 Å². The average molecular weight is 331 g/mol. The molecule has 1 aromatic rings. The summed E-state index contributed by atoms with van der Waals surface area (Å²) in [7, 11) is 0. The summed E-state index contributed by atoms with van der Waals surface area (Å²) >= 11 is 0. The molecule has 0 radical (unpaired) electrons. The first-order valence-electron chi connectivity index (χ1n) is 9.05. The van der Waals surface area contributed by atoms with Crippen LogP contribution < -0.4 is 16.0 Å². The van der Waals surface area contributed by atoms with Crippen LogP contribution >= 0.6 is 0 Å². The molecule has 0 aromatic heterocycles. The number of hydrogen-bond acceptors (Lipinski definition) is 3. The maximum Gasteiger partial charge on any atom is 0.239 e. The lowest BCUT2D eigenvalue weighted by molar-refractivity contribution is -0.125. The average Bonchev–Trinajstić information content (AvgIpc) is 2.87. The molecule has 5 heteroatoms. The Morgan fingerprint density at radius 2 is 1.58 bits per heavy atom. The molecule has 1 aromatic carbocycles. The van der Waals surface area contributed by atoms with E-state index in [1.807, 2.05) is 30.3 Å². The first-order chi connectivity index (χ1) is 11.7. The fourth-order valence-electron chi connectivity index (χ4n) is 3.05. The molecule has 24 heavy (non-hydrogen) atoms. The Bertz CT molecular complexity index is 497. The summed E-state index contributed by atoms with van der Waals surface area (Å²) in [5.74, 6) is -0.271. The van der Waals surface area contributed by atoms with E-state index in [4.69, 9.17) is 0 Å². The van der Waals surface area contributed by atoms with Gasteiger partial charge in [0, 0.05) is 19.1 Å². The Morgan fingerprint density at radius 1 is 0.875 bits per heavy atom. The highest BCUT2D eigenvalue weighted by molar-refractivity contribution is 5.85. The second-order valence-electron chi connectivity index (χ2n) is 6.43. The third kappa shape index (κ3) is 7.59. The van der Waals surface area contributed by atoms with E-state index >= 15 is 0 Å². The molecule has 2 rings (SSSR count). The molecule has 1 fully saturated rings. The Balaban J connectivity index is 1.52. The molecule has 132 valence electrons. The highest BCUT2D eigenvalue weighted by Gasteiger charge is 2.11. The molecule has 0 atom stereocenters. The number of nitrogens with one attached hydrogen (secondary N) is 3. The van der Waals surface area contributed by atoms with E-state index < -0.39 is 0 Å². The Morgan fingerprint density at radius 3 is 2.29 bits per heavy atom. The van der Waals surface area contributed by atoms with Gasteiger partial charge in [0.05, 0.1) is 13.0 Å². The maximum atomic E-state index is 11.8. The number of benzene rings is 1. The van der Waals surface area contributed by atoms with Crippen molar-refractivity contribution < 1.29 is 9.59 Å². The summed E-state index contributed by atoms with van der Waals surface area (Å²) in [5.41, 5.74) is 0.947. The van der Waals surface area contributed by atoms with E-state index in [0.717, 1.165) is 12.1 Å². The van der Waals surface area contributed by atoms with E-state index in [2.05, 4.69) is 16.0 Å². The summed E-state index contributed by atoms with van der Waals surface area (Å²) in [6.45, 7) is 1.42. The monoisotopic (exact) mass is 331 g/mol. The van der Waals surface area contributed by atoms with Crippen molar-refractivity contribution in [3.63, 3.8) is 0 Å². The van der Waals surface area contributed by atoms with Crippen LogP contribution in [0.1, 0.15) is 44.1 Å². The summed E-state index contributed by atoms with van der Waals surface area (Å²) < 4.78 is 0. The minimum atomic E-state index is -0.140. The third-order valence-electron chi connectivity index (χ3n) is 4.39. The van der Waals surface area contributed by atoms with Crippen molar-refractivity contribution >= 4 is 11.8 Å². The summed E-state index contributed by atoms with van der Waals surface area (Å²) in [6.07, 6.45) is 8.08. The van der Waals surface area contributed by atoms with Crippen LogP contribution in [0.2, 0.25) is 0 Å². The molecule has 5 nitrogen and oxygen atoms in total. The normalized spacial score (nSPS) is 15.5. The predicted molar refractivity (Wildman–Crippen MR) is 95.7 cm³/mol. The fraction of sp³-hybridized carbons (Fsp3) is 0.579. The van der Waals surface area contributed by atoms with Crippen molar-refractivity contribution in [2.45, 2.75) is 51.0 Å². The molecule has 0 bridgehead atoms. The van der Waals surface area contributed by atoms with Crippen molar-refractivity contribution in [3.05, 3.63) is 35.9 Å². The van der Waals surface area contributed by atoms with Gasteiger partial charge in [-0.1, -0.05) is 56.0 Å². The van der Waals surface area contributed by atoms with Crippen LogP contribution in [0.15, 0.2) is 30.3 Å². The van der Waals surface area contributed by atoms with Crippen LogP contribution in [0.4, 0.5) is 0 Å². The van der Waals surface area contributed by atoms with E-state index in [9.17, 15) is 9.59 Å². The summed E-state index contributed by atoms with van der Waals surface area (Å²) in [5, 5.41) is 9.01. The smallest absolute Gasteiger partial charge is 0.239 e. The molecular weight excluding hydrogens is 302 g/mol. The van der Waals surface area contributed by atoms with Crippen LogP contribution in [0.25, 0.3) is 0 Å². The van der Waals surface area contributed by atoms with Crippen LogP contribution in [-0.4, -0.2) is 37.5 Å². The molecule has 0 saturated heterocycles. The van der Waals surface area contributed by atoms with Gasteiger partial charge in [0.2, 0.25) is 11.8 Å². The van der Waals surface area contributed by atoms with Crippen LogP contribution in [-0.2, 0) is 16.0 Å². The number of amides is 2. The van der Waals surface area contributed by atoms with E-state index in [-0.39, 0.29) is 18.4 Å². The molecule has 1 aliphatic rings. The number of hydrogen-bond donors (Lipinski definition) is 3. The van der Waals surface area contributed by atoms with Gasteiger partial charge >= 0.3 is 0 Å². The zero-order valence-corrected chi connectivity index (χ0v) is 14.4. The van der Waals surface area contributed by atoms with Gasteiger partial charge in [-0.05, 0) is 18.4 Å². The SMILES string of the molecule is O=C(CNC(=O)Cc1ccccc1)NCCNC1CCCCCC1. The van der Waals surface area contributed by atoms with Gasteiger partial charge in [0.15, 0.2) is 0 Å². The lowest BCUT2D eigenvalue weighted by Crippen LogP contribution is -2.41. The minimum absolute atomic E-state index is 0.0368. The molecular formula is C19H29N3O2. The maximum absolute atomic E-state index is 11.8. The molecule has 0 heterocycles. The van der Waals surface area contributed by atoms with Crippen molar-refractivity contribution in [1.29, 1.82) is 0 Å². The third-order valence-corrected chi connectivity index (χ3v) is 4.39. The Kier molecular flexibility index (Phi) is 8.32. The van der Waals surface area contributed by atoms with Gasteiger partial charge in [0.1, 0.15) is 0 Å². The van der Waals surface area contributed by atoms with E-state index in [0.29, 0.717) is 19.0 Å². The Hall–Kier alpha value is -1.88. The standard InChI is InChI=1S/C19H29N3O2/c23-18(14-16-8-4-3-5-9-16)22-15-19(24)21-13-12-20-17-10-6-1-2-7-11-17/h3-5,8-9,17,20H,1-2,6-7,10-15H2,(H,21,24)(H,22,23). The molecule has 3 N–H and O–H groups in total. The molecule has 0 unspecified atom stereocenters. The van der Waals surface area contributed by atoms with Gasteiger partial charge in [-0.2, -0.15) is 0 Å². The van der Waals surface area contributed by atoms with Gasteiger partial charge < -0.3 is 16.0 Å². The molecule has 1 aliphatic carbocycles. The highest BCUT2D eigenvalue weighted by atomic mass is 16.2. The van der Waals surface area contributed by atoms with Crippen molar-refractivity contribution in [2.24, 2.45) is 0 Å². The highest BCUT2D eigenvalue weighted by Crippen LogP contribution is 2.16. The fourth-order valence-corrected chi connectivity index (χ4v) is 3.05. The summed E-state index contributed by atoms with van der Waals surface area (Å²) in [4.78, 5) is 23.5. The van der Waals surface area contributed by atoms with Crippen LogP contribution in [0, 0.1) is 0 Å². The van der Waals surface area contributed by atoms with E-state index in [1.165, 1.54) is 38.5 Å². The second-order valence-corrected chi connectivity index (χ2v) is 6.43. The number of carbonyl (C=O) groups is 2.